The summed E-state index contributed by atoms with van der Waals surface area (Å²) in [5, 5.41) is 5.53. The molecule has 0 amide bonds. The lowest BCUT2D eigenvalue weighted by molar-refractivity contribution is 0.534. The lowest BCUT2D eigenvalue weighted by atomic mass is 10.0. The van der Waals surface area contributed by atoms with Crippen molar-refractivity contribution in [2.45, 2.75) is 12.5 Å². The van der Waals surface area contributed by atoms with Crippen LogP contribution >= 0.6 is 0 Å². The number of hydrogen-bond acceptors (Lipinski definition) is 3. The molecule has 126 valence electrons. The van der Waals surface area contributed by atoms with E-state index in [9.17, 15) is 0 Å². The van der Waals surface area contributed by atoms with Crippen LogP contribution in [0.15, 0.2) is 61.8 Å². The number of fused-ring (bicyclic) bond motifs is 1. The minimum atomic E-state index is -0.0443. The van der Waals surface area contributed by atoms with Gasteiger partial charge in [0.25, 0.3) is 0 Å². The summed E-state index contributed by atoms with van der Waals surface area (Å²) in [4.78, 5) is 11.8. The van der Waals surface area contributed by atoms with Crippen LogP contribution in [0.4, 0.5) is 0 Å². The maximum absolute atomic E-state index is 5.62. The van der Waals surface area contributed by atoms with Gasteiger partial charge in [0.1, 0.15) is 12.0 Å². The predicted octanol–water partition coefficient (Wildman–Crippen LogP) is 4.08. The zero-order chi connectivity index (χ0) is 17.9. The number of terminal acetylenes is 1. The Labute approximate surface area is 151 Å². The molecule has 4 rings (SSSR count). The Kier molecular flexibility index (Phi) is 4.08. The van der Waals surface area contributed by atoms with Crippen molar-refractivity contribution in [3.63, 3.8) is 0 Å². The fourth-order valence-electron chi connectivity index (χ4n) is 3.10. The molecule has 1 unspecified atom stereocenters. The van der Waals surface area contributed by atoms with E-state index in [1.165, 1.54) is 0 Å². The van der Waals surface area contributed by atoms with Crippen molar-refractivity contribution in [3.05, 3.63) is 73.0 Å². The smallest absolute Gasteiger partial charge is 0.141 e. The minimum absolute atomic E-state index is 0.0443. The van der Waals surface area contributed by atoms with Crippen molar-refractivity contribution >= 4 is 17.1 Å². The zero-order valence-electron chi connectivity index (χ0n) is 14.1. The molecule has 1 aromatic carbocycles. The van der Waals surface area contributed by atoms with Gasteiger partial charge in [0.15, 0.2) is 0 Å². The Morgan fingerprint density at radius 3 is 3.08 bits per heavy atom. The Morgan fingerprint density at radius 1 is 1.31 bits per heavy atom. The summed E-state index contributed by atoms with van der Waals surface area (Å²) in [6, 6.07) is 10.1. The molecule has 0 bridgehead atoms. The molecule has 0 saturated carbocycles. The molecule has 1 N–H and O–H groups in total. The monoisotopic (exact) mass is 339 g/mol. The molecule has 0 aliphatic heterocycles. The zero-order valence-corrected chi connectivity index (χ0v) is 14.1. The maximum atomic E-state index is 5.62. The molecule has 3 heterocycles. The van der Waals surface area contributed by atoms with E-state index in [1.807, 2.05) is 47.5 Å². The number of rotatable bonds is 5. The van der Waals surface area contributed by atoms with E-state index in [0.29, 0.717) is 6.42 Å². The third-order valence-corrected chi connectivity index (χ3v) is 4.39. The van der Waals surface area contributed by atoms with Gasteiger partial charge in [0.05, 0.1) is 17.9 Å². The van der Waals surface area contributed by atoms with E-state index >= 15 is 0 Å². The predicted molar refractivity (Wildman–Crippen MR) is 103 cm³/mol. The fourth-order valence-corrected chi connectivity index (χ4v) is 3.10. The van der Waals surface area contributed by atoms with Gasteiger partial charge < -0.3 is 4.98 Å². The Morgan fingerprint density at radius 2 is 2.23 bits per heavy atom. The van der Waals surface area contributed by atoms with Crippen molar-refractivity contribution in [1.82, 2.24) is 24.7 Å². The van der Waals surface area contributed by atoms with Gasteiger partial charge >= 0.3 is 0 Å². The van der Waals surface area contributed by atoms with Crippen LogP contribution in [0, 0.1) is 12.3 Å². The molecule has 1 atom stereocenters. The topological polar surface area (TPSA) is 59.4 Å². The molecule has 26 heavy (non-hydrogen) atoms. The molecular weight excluding hydrogens is 322 g/mol. The first-order valence-electron chi connectivity index (χ1n) is 8.28. The number of aromatic nitrogens is 5. The highest BCUT2D eigenvalue weighted by Crippen LogP contribution is 2.28. The molecule has 0 spiro atoms. The van der Waals surface area contributed by atoms with E-state index in [1.54, 1.807) is 6.33 Å². The normalized spacial score (nSPS) is 12.0. The summed E-state index contributed by atoms with van der Waals surface area (Å²) in [5.41, 5.74) is 4.74. The molecule has 5 nitrogen and oxygen atoms in total. The summed E-state index contributed by atoms with van der Waals surface area (Å²) >= 11 is 0. The average Bonchev–Trinajstić information content (AvgIpc) is 3.35. The highest BCUT2D eigenvalue weighted by atomic mass is 15.3. The van der Waals surface area contributed by atoms with Crippen LogP contribution in [0.5, 0.6) is 0 Å². The largest absolute Gasteiger partial charge is 0.346 e. The first kappa shape index (κ1) is 15.9. The summed E-state index contributed by atoms with van der Waals surface area (Å²) in [7, 11) is 0. The van der Waals surface area contributed by atoms with Crippen molar-refractivity contribution in [3.8, 4) is 23.6 Å². The first-order chi connectivity index (χ1) is 12.8. The molecular formula is C21H17N5. The Bertz CT molecular complexity index is 1110. The summed E-state index contributed by atoms with van der Waals surface area (Å²) in [5.74, 6) is 2.76. The van der Waals surface area contributed by atoms with Crippen molar-refractivity contribution in [1.29, 1.82) is 0 Å². The standard InChI is InChI=1S/C21H17N5/c1-3-6-19(16-8-5-7-15(4-2)11-16)26-13-17(12-25-26)20-18-9-10-22-21(18)24-14-23-20/h1,4-5,7-14,19H,2,6H2,(H,22,23,24). The van der Waals surface area contributed by atoms with Crippen LogP contribution in [0.3, 0.4) is 0 Å². The van der Waals surface area contributed by atoms with Gasteiger partial charge in [-0.15, -0.1) is 12.3 Å². The second-order valence-corrected chi connectivity index (χ2v) is 5.97. The van der Waals surface area contributed by atoms with Crippen molar-refractivity contribution in [2.24, 2.45) is 0 Å². The summed E-state index contributed by atoms with van der Waals surface area (Å²) in [6.07, 6.45) is 15.2. The van der Waals surface area contributed by atoms with Gasteiger partial charge in [-0.05, 0) is 23.3 Å². The van der Waals surface area contributed by atoms with Crippen LogP contribution < -0.4 is 0 Å². The molecule has 5 heteroatoms. The third-order valence-electron chi connectivity index (χ3n) is 4.39. The lowest BCUT2D eigenvalue weighted by Gasteiger charge is -2.16. The molecule has 4 aromatic rings. The van der Waals surface area contributed by atoms with Gasteiger partial charge in [-0.2, -0.15) is 5.10 Å². The SMILES string of the molecule is C#CCC(c1cccc(C=C)c1)n1cc(-c2ncnc3[nH]ccc23)cn1. The van der Waals surface area contributed by atoms with E-state index in [0.717, 1.165) is 33.4 Å². The van der Waals surface area contributed by atoms with Crippen LogP contribution in [0.25, 0.3) is 28.4 Å². The quantitative estimate of drug-likeness (QED) is 0.557. The van der Waals surface area contributed by atoms with E-state index in [-0.39, 0.29) is 6.04 Å². The number of hydrogen-bond donors (Lipinski definition) is 1. The Hall–Kier alpha value is -3.65. The summed E-state index contributed by atoms with van der Waals surface area (Å²) < 4.78 is 1.90. The number of nitrogens with zero attached hydrogens (tertiary/aromatic N) is 4. The van der Waals surface area contributed by atoms with Crippen LogP contribution in [-0.2, 0) is 0 Å². The van der Waals surface area contributed by atoms with Gasteiger partial charge in [0, 0.05) is 29.8 Å². The first-order valence-corrected chi connectivity index (χ1v) is 8.28. The third kappa shape index (κ3) is 2.78. The average molecular weight is 339 g/mol. The van der Waals surface area contributed by atoms with Gasteiger partial charge in [-0.3, -0.25) is 4.68 Å². The maximum Gasteiger partial charge on any atom is 0.141 e. The molecule has 0 saturated heterocycles. The van der Waals surface area contributed by atoms with Crippen molar-refractivity contribution < 1.29 is 0 Å². The van der Waals surface area contributed by atoms with E-state index in [4.69, 9.17) is 6.42 Å². The van der Waals surface area contributed by atoms with Gasteiger partial charge in [-0.1, -0.05) is 30.9 Å². The van der Waals surface area contributed by atoms with Crippen LogP contribution in [0.2, 0.25) is 0 Å². The molecule has 0 radical (unpaired) electrons. The van der Waals surface area contributed by atoms with Crippen molar-refractivity contribution in [2.75, 3.05) is 0 Å². The molecule has 0 aliphatic rings. The highest BCUT2D eigenvalue weighted by molar-refractivity contribution is 5.89. The van der Waals surface area contributed by atoms with Gasteiger partial charge in [-0.25, -0.2) is 9.97 Å². The second kappa shape index (κ2) is 6.69. The molecule has 0 aliphatic carbocycles. The van der Waals surface area contributed by atoms with E-state index < -0.39 is 0 Å². The van der Waals surface area contributed by atoms with Crippen LogP contribution in [-0.4, -0.2) is 24.7 Å². The van der Waals surface area contributed by atoms with Gasteiger partial charge in [0.2, 0.25) is 0 Å². The number of aromatic amines is 1. The molecule has 0 fully saturated rings. The highest BCUT2D eigenvalue weighted by Gasteiger charge is 2.16. The van der Waals surface area contributed by atoms with Crippen LogP contribution in [0.1, 0.15) is 23.6 Å². The Balaban J connectivity index is 1.76. The number of nitrogens with one attached hydrogen (secondary N) is 1. The van der Waals surface area contributed by atoms with E-state index in [2.05, 4.69) is 44.7 Å². The summed E-state index contributed by atoms with van der Waals surface area (Å²) in [6.45, 7) is 3.84. The number of H-pyrrole nitrogens is 1. The number of benzene rings is 1. The fraction of sp³-hybridized carbons (Fsp3) is 0.0952. The second-order valence-electron chi connectivity index (χ2n) is 5.97. The minimum Gasteiger partial charge on any atom is -0.346 e. The lowest BCUT2D eigenvalue weighted by Crippen LogP contribution is -2.10. The molecule has 3 aromatic heterocycles.